The summed E-state index contributed by atoms with van der Waals surface area (Å²) < 4.78 is 24.8. The molecule has 0 radical (unpaired) electrons. The number of Topliss-reactive ketones (excluding diaryl/α,β-unsaturated/α-hetero) is 4. The normalized spacial score (nSPS) is 14.6. The van der Waals surface area contributed by atoms with Crippen LogP contribution in [0.3, 0.4) is 0 Å². The number of carboxylic acid groups (broad SMARTS) is 1. The van der Waals surface area contributed by atoms with E-state index >= 15 is 0 Å². The molecular weight excluding hydrogens is 1350 g/mol. The zero-order chi connectivity index (χ0) is 80.7. The van der Waals surface area contributed by atoms with Gasteiger partial charge < -0.3 is 58.2 Å². The van der Waals surface area contributed by atoms with Crippen LogP contribution < -0.4 is 0 Å². The Hall–Kier alpha value is -6.28. The number of ketones is 4. The van der Waals surface area contributed by atoms with E-state index in [2.05, 4.69) is 103 Å². The van der Waals surface area contributed by atoms with E-state index in [1.165, 1.54) is 0 Å². The molecule has 0 aromatic rings. The van der Waals surface area contributed by atoms with E-state index < -0.39 is 23.8 Å². The van der Waals surface area contributed by atoms with Crippen LogP contribution in [0.4, 0.5) is 0 Å². The van der Waals surface area contributed by atoms with Crippen molar-refractivity contribution in [3.63, 3.8) is 0 Å². The minimum atomic E-state index is -0.885. The van der Waals surface area contributed by atoms with Gasteiger partial charge in [-0.05, 0) is 198 Å². The van der Waals surface area contributed by atoms with Crippen LogP contribution in [0.15, 0.2) is 48.6 Å². The van der Waals surface area contributed by atoms with E-state index in [-0.39, 0.29) is 103 Å². The van der Waals surface area contributed by atoms with Crippen LogP contribution in [0.1, 0.15) is 341 Å². The third-order valence-corrected chi connectivity index (χ3v) is 16.9. The highest BCUT2D eigenvalue weighted by atomic mass is 16.6. The molecule has 4 unspecified atom stereocenters. The lowest BCUT2D eigenvalue weighted by Gasteiger charge is -2.15. The molecule has 4 atom stereocenters. The van der Waals surface area contributed by atoms with Crippen LogP contribution in [0.5, 0.6) is 0 Å². The van der Waals surface area contributed by atoms with Gasteiger partial charge in [-0.25, -0.2) is 0 Å². The summed E-state index contributed by atoms with van der Waals surface area (Å²) >= 11 is 0. The zero-order valence-electron chi connectivity index (χ0n) is 68.5. The maximum absolute atomic E-state index is 12.4. The Kier molecular flexibility index (Phi) is 74.2. The SMILES string of the molecule is CC(=O)CCCCCC/C=C/CC(CC(=O)O)CC(=O)OCCC(C)C.CC(=O)CCCCCC/C=C/CC(CC(=O)OCCC(C)C)C(=O)OCCC(C)C.CC(=O)CCCCCC/C=C/CC1CC(=O)OC1=O.CC(=O)CCCCCC/C=C/CC1CC(=O)OC1=O.CC(C)CCO.CC(C)CCO. The molecule has 0 amide bonds. The first-order valence-electron chi connectivity index (χ1n) is 40.2. The summed E-state index contributed by atoms with van der Waals surface area (Å²) in [5.74, 6) is -0.969. The maximum atomic E-state index is 12.4. The summed E-state index contributed by atoms with van der Waals surface area (Å²) in [7, 11) is 0. The van der Waals surface area contributed by atoms with E-state index in [4.69, 9.17) is 29.5 Å². The molecule has 0 saturated carbocycles. The van der Waals surface area contributed by atoms with Crippen LogP contribution in [-0.2, 0) is 81.2 Å². The van der Waals surface area contributed by atoms with E-state index in [0.29, 0.717) is 114 Å². The molecule has 0 bridgehead atoms. The van der Waals surface area contributed by atoms with Crippen molar-refractivity contribution in [2.24, 2.45) is 53.3 Å². The van der Waals surface area contributed by atoms with Gasteiger partial charge in [0.15, 0.2) is 0 Å². The molecule has 20 heteroatoms. The number of hydrogen-bond acceptors (Lipinski definition) is 19. The molecule has 2 aliphatic heterocycles. The number of ether oxygens (including phenoxy) is 5. The smallest absolute Gasteiger partial charge is 0.317 e. The third kappa shape index (κ3) is 81.8. The summed E-state index contributed by atoms with van der Waals surface area (Å²) in [6.07, 6.45) is 46.9. The molecule has 2 aliphatic rings. The number of cyclic esters (lactones) is 4. The van der Waals surface area contributed by atoms with Crippen molar-refractivity contribution in [3.8, 4) is 0 Å². The fourth-order valence-electron chi connectivity index (χ4n) is 10.1. The third-order valence-electron chi connectivity index (χ3n) is 16.9. The van der Waals surface area contributed by atoms with E-state index in [9.17, 15) is 57.5 Å². The molecule has 20 nitrogen and oxygen atoms in total. The molecule has 0 spiro atoms. The number of carboxylic acids is 1. The molecule has 3 N–H and O–H groups in total. The van der Waals surface area contributed by atoms with Gasteiger partial charge in [0.1, 0.15) is 23.1 Å². The second-order valence-corrected chi connectivity index (χ2v) is 30.4. The predicted octanol–water partition coefficient (Wildman–Crippen LogP) is 18.9. The van der Waals surface area contributed by atoms with E-state index in [0.717, 1.165) is 161 Å². The molecular formula is C86H148O20. The Labute approximate surface area is 640 Å². The van der Waals surface area contributed by atoms with Gasteiger partial charge in [0.05, 0.1) is 56.8 Å². The number of esters is 7. The Morgan fingerprint density at radius 3 is 0.972 bits per heavy atom. The van der Waals surface area contributed by atoms with Crippen molar-refractivity contribution in [3.05, 3.63) is 48.6 Å². The molecule has 106 heavy (non-hydrogen) atoms. The highest BCUT2D eigenvalue weighted by Crippen LogP contribution is 2.23. The number of aliphatic hydroxyl groups excluding tert-OH is 2. The molecule has 612 valence electrons. The standard InChI is InChI=1S/C25H44O5.C21H36O5.2C15H22O4.2C5H12O/c1-20(2)15-17-29-24(27)19-23(25(28)30-18-16-21(3)4)14-12-10-8-6-7-9-11-13-22(5)26;1-17(2)13-14-26-21(25)16-19(15-20(23)24)12-10-8-6-4-5-7-9-11-18(3)22;2*1-12(16)9-7-5-3-2-4-6-8-10-13-11-14(17)19-15(13)18;2*1-5(2)3-4-6/h10,12,20-21,23H,6-9,11,13-19H2,1-5H3;8,10,17,19H,4-7,9,11-16H2,1-3H3,(H,23,24);2*6,8,13H,2-5,7,9-11H2,1H3;2*5-6H,3-4H2,1-2H3/b12-10+;10-8+;2*8-6+;;. The van der Waals surface area contributed by atoms with Gasteiger partial charge in [-0.1, -0.05) is 169 Å². The first kappa shape index (κ1) is 106. The molecule has 2 saturated heterocycles. The van der Waals surface area contributed by atoms with Crippen molar-refractivity contribution in [2.75, 3.05) is 33.0 Å². The van der Waals surface area contributed by atoms with Gasteiger partial charge in [0.2, 0.25) is 0 Å². The average molecular weight is 1500 g/mol. The number of hydrogen-bond donors (Lipinski definition) is 3. The number of carbonyl (C=O) groups excluding carboxylic acids is 11. The fraction of sp³-hybridized carbons (Fsp3) is 0.767. The second kappa shape index (κ2) is 74.2. The largest absolute Gasteiger partial charge is 0.481 e. The lowest BCUT2D eigenvalue weighted by atomic mass is 9.97. The summed E-state index contributed by atoms with van der Waals surface area (Å²) in [4.78, 5) is 135. The average Bonchev–Trinajstić information content (AvgIpc) is 1.75. The van der Waals surface area contributed by atoms with Crippen molar-refractivity contribution < 1.29 is 96.5 Å². The highest BCUT2D eigenvalue weighted by Gasteiger charge is 2.33. The number of allylic oxidation sites excluding steroid dienone is 8. The number of aliphatic hydroxyl groups is 2. The van der Waals surface area contributed by atoms with E-state index in [1.54, 1.807) is 27.7 Å². The Bertz CT molecular complexity index is 2390. The minimum absolute atomic E-state index is 0.0192. The second-order valence-electron chi connectivity index (χ2n) is 30.4. The Morgan fingerprint density at radius 2 is 0.689 bits per heavy atom. The Balaban J connectivity index is -0.000000628. The van der Waals surface area contributed by atoms with Gasteiger partial charge in [-0.15, -0.1) is 0 Å². The first-order chi connectivity index (χ1) is 50.3. The fourth-order valence-corrected chi connectivity index (χ4v) is 10.1. The van der Waals surface area contributed by atoms with Gasteiger partial charge in [-0.3, -0.25) is 38.4 Å². The summed E-state index contributed by atoms with van der Waals surface area (Å²) in [5.41, 5.74) is 0. The van der Waals surface area contributed by atoms with Crippen molar-refractivity contribution >= 4 is 70.9 Å². The number of rotatable bonds is 56. The topological polar surface area (TPSA) is 312 Å². The summed E-state index contributed by atoms with van der Waals surface area (Å²) in [6.45, 7) is 29.2. The van der Waals surface area contributed by atoms with Crippen molar-refractivity contribution in [1.82, 2.24) is 0 Å². The van der Waals surface area contributed by atoms with Gasteiger partial charge in [-0.2, -0.15) is 0 Å². The number of unbranched alkanes of at least 4 members (excludes halogenated alkanes) is 16. The maximum Gasteiger partial charge on any atom is 0.317 e. The van der Waals surface area contributed by atoms with E-state index in [1.807, 2.05) is 24.3 Å². The number of carbonyl (C=O) groups is 12. The quantitative estimate of drug-likeness (QED) is 0.0167. The van der Waals surface area contributed by atoms with Crippen LogP contribution in [0.25, 0.3) is 0 Å². The zero-order valence-corrected chi connectivity index (χ0v) is 68.5. The number of aliphatic carboxylic acids is 1. The molecule has 2 rings (SSSR count). The minimum Gasteiger partial charge on any atom is -0.481 e. The monoisotopic (exact) mass is 1500 g/mol. The van der Waals surface area contributed by atoms with Crippen LogP contribution >= 0.6 is 0 Å². The van der Waals surface area contributed by atoms with Gasteiger partial charge in [0, 0.05) is 51.7 Å². The molecule has 0 aliphatic carbocycles. The van der Waals surface area contributed by atoms with Crippen LogP contribution in [-0.4, -0.2) is 119 Å². The van der Waals surface area contributed by atoms with Crippen LogP contribution in [0.2, 0.25) is 0 Å². The molecule has 0 aromatic carbocycles. The van der Waals surface area contributed by atoms with Crippen LogP contribution in [0, 0.1) is 53.3 Å². The summed E-state index contributed by atoms with van der Waals surface area (Å²) in [5, 5.41) is 25.5. The van der Waals surface area contributed by atoms with Gasteiger partial charge in [0.25, 0.3) is 0 Å². The molecule has 2 fully saturated rings. The summed E-state index contributed by atoms with van der Waals surface area (Å²) in [6, 6.07) is 0. The first-order valence-corrected chi connectivity index (χ1v) is 40.2. The predicted molar refractivity (Wildman–Crippen MR) is 420 cm³/mol. The Morgan fingerprint density at radius 1 is 0.387 bits per heavy atom. The lowest BCUT2D eigenvalue weighted by molar-refractivity contribution is -0.155. The molecule has 2 heterocycles. The van der Waals surface area contributed by atoms with Crippen molar-refractivity contribution in [1.29, 1.82) is 0 Å². The lowest BCUT2D eigenvalue weighted by Crippen LogP contribution is -2.23. The van der Waals surface area contributed by atoms with Crippen molar-refractivity contribution in [2.45, 2.75) is 341 Å². The molecule has 0 aromatic heterocycles. The highest BCUT2D eigenvalue weighted by molar-refractivity contribution is 5.95. The van der Waals surface area contributed by atoms with Gasteiger partial charge >= 0.3 is 47.8 Å².